The molecule has 0 amide bonds. The van der Waals surface area contributed by atoms with Crippen LogP contribution < -0.4 is 0 Å². The number of rotatable bonds is 6. The van der Waals surface area contributed by atoms with Crippen molar-refractivity contribution in [1.29, 1.82) is 0 Å². The Balaban J connectivity index is 1.07. The Kier molecular flexibility index (Phi) is 7.25. The number of hydrogen-bond donors (Lipinski definition) is 0. The van der Waals surface area contributed by atoms with E-state index < -0.39 is 0 Å². The lowest BCUT2D eigenvalue weighted by molar-refractivity contribution is 1.07. The zero-order valence-corrected chi connectivity index (χ0v) is 28.1. The lowest BCUT2D eigenvalue weighted by Gasteiger charge is -2.11. The molecule has 7 heterocycles. The number of hydrogen-bond acceptors (Lipinski definition) is 8. The van der Waals surface area contributed by atoms with E-state index in [0.29, 0.717) is 17.5 Å². The van der Waals surface area contributed by atoms with Crippen LogP contribution in [0.15, 0.2) is 165 Å². The molecule has 3 aromatic carbocycles. The van der Waals surface area contributed by atoms with Gasteiger partial charge < -0.3 is 4.40 Å². The van der Waals surface area contributed by atoms with Crippen molar-refractivity contribution in [3.8, 4) is 67.9 Å². The van der Waals surface area contributed by atoms with Crippen molar-refractivity contribution in [3.05, 3.63) is 165 Å². The van der Waals surface area contributed by atoms with E-state index in [1.54, 1.807) is 37.2 Å². The van der Waals surface area contributed by atoms with Gasteiger partial charge in [-0.1, -0.05) is 54.6 Å². The van der Waals surface area contributed by atoms with Crippen LogP contribution in [-0.2, 0) is 0 Å². The van der Waals surface area contributed by atoms with Gasteiger partial charge in [-0.2, -0.15) is 0 Å². The molecule has 10 aromatic rings. The molecule has 0 saturated heterocycles. The minimum absolute atomic E-state index is 0.508. The fourth-order valence-electron chi connectivity index (χ4n) is 6.69. The fourth-order valence-corrected chi connectivity index (χ4v) is 6.69. The van der Waals surface area contributed by atoms with Crippen molar-refractivity contribution in [2.75, 3.05) is 0 Å². The molecule has 248 valence electrons. The van der Waals surface area contributed by atoms with E-state index in [9.17, 15) is 0 Å². The Morgan fingerprint density at radius 3 is 1.51 bits per heavy atom. The largest absolute Gasteiger partial charge is 0.306 e. The minimum Gasteiger partial charge on any atom is -0.306 e. The van der Waals surface area contributed by atoms with Crippen molar-refractivity contribution in [3.63, 3.8) is 0 Å². The van der Waals surface area contributed by atoms with Crippen LogP contribution in [0.2, 0.25) is 0 Å². The number of pyridine rings is 4. The maximum atomic E-state index is 5.15. The summed E-state index contributed by atoms with van der Waals surface area (Å²) in [4.78, 5) is 37.9. The molecule has 7 aromatic heterocycles. The highest BCUT2D eigenvalue weighted by Crippen LogP contribution is 2.33. The number of nitrogens with zero attached hydrogens (tertiary/aromatic N) is 9. The van der Waals surface area contributed by atoms with Gasteiger partial charge in [0.2, 0.25) is 0 Å². The van der Waals surface area contributed by atoms with Crippen LogP contribution in [0.5, 0.6) is 0 Å². The lowest BCUT2D eigenvalue weighted by Crippen LogP contribution is -2.01. The normalized spacial score (nSPS) is 11.4. The summed E-state index contributed by atoms with van der Waals surface area (Å²) in [6, 6.07) is 42.8. The van der Waals surface area contributed by atoms with Crippen LogP contribution in [-0.4, -0.2) is 44.3 Å². The first-order chi connectivity index (χ1) is 26.2. The first-order valence-electron chi connectivity index (χ1n) is 17.1. The third kappa shape index (κ3) is 5.53. The third-order valence-electron chi connectivity index (χ3n) is 9.32. The average Bonchev–Trinajstić information content (AvgIpc) is 3.64. The van der Waals surface area contributed by atoms with Crippen LogP contribution in [0.25, 0.3) is 95.4 Å². The molecule has 0 N–H and O–H groups in total. The Labute approximate surface area is 303 Å². The summed E-state index contributed by atoms with van der Waals surface area (Å²) in [5, 5.41) is 1.17. The van der Waals surface area contributed by atoms with Crippen molar-refractivity contribution < 1.29 is 0 Å². The van der Waals surface area contributed by atoms with Gasteiger partial charge in [-0.25, -0.2) is 19.9 Å². The molecule has 0 bridgehead atoms. The summed E-state index contributed by atoms with van der Waals surface area (Å²) in [7, 11) is 0. The summed E-state index contributed by atoms with van der Waals surface area (Å²) >= 11 is 0. The molecule has 53 heavy (non-hydrogen) atoms. The highest BCUT2D eigenvalue weighted by atomic mass is 15.0. The number of benzene rings is 3. The van der Waals surface area contributed by atoms with Crippen LogP contribution in [0.3, 0.4) is 0 Å². The van der Waals surface area contributed by atoms with Crippen molar-refractivity contribution in [2.24, 2.45) is 0 Å². The fraction of sp³-hybridized carbons (Fsp3) is 0. The molecule has 9 nitrogen and oxygen atoms in total. The summed E-state index contributed by atoms with van der Waals surface area (Å²) in [5.41, 5.74) is 12.0. The topological polar surface area (TPSA) is 108 Å². The minimum atomic E-state index is 0.508. The summed E-state index contributed by atoms with van der Waals surface area (Å²) < 4.78 is 2.30. The molecule has 0 spiro atoms. The first-order valence-corrected chi connectivity index (χ1v) is 17.1. The van der Waals surface area contributed by atoms with Gasteiger partial charge in [-0.05, 0) is 72.8 Å². The molecular formula is C44H27N9. The second-order valence-corrected chi connectivity index (χ2v) is 12.6. The molecule has 0 aliphatic rings. The Morgan fingerprint density at radius 1 is 0.377 bits per heavy atom. The predicted molar refractivity (Wildman–Crippen MR) is 207 cm³/mol. The highest BCUT2D eigenvalue weighted by molar-refractivity contribution is 5.98. The second-order valence-electron chi connectivity index (χ2n) is 12.6. The molecule has 0 aliphatic carbocycles. The van der Waals surface area contributed by atoms with Gasteiger partial charge >= 0.3 is 0 Å². The van der Waals surface area contributed by atoms with Gasteiger partial charge in [-0.15, -0.1) is 0 Å². The van der Waals surface area contributed by atoms with E-state index in [4.69, 9.17) is 29.9 Å². The van der Waals surface area contributed by atoms with Crippen LogP contribution >= 0.6 is 0 Å². The van der Waals surface area contributed by atoms with Crippen LogP contribution in [0.4, 0.5) is 0 Å². The summed E-state index contributed by atoms with van der Waals surface area (Å²) in [6.45, 7) is 0. The molecule has 0 atom stereocenters. The Bertz CT molecular complexity index is 2810. The van der Waals surface area contributed by atoms with E-state index >= 15 is 0 Å². The van der Waals surface area contributed by atoms with Crippen LogP contribution in [0.1, 0.15) is 0 Å². The zero-order chi connectivity index (χ0) is 35.1. The number of para-hydroxylation sites is 3. The number of aromatic nitrogens is 9. The zero-order valence-electron chi connectivity index (χ0n) is 28.1. The molecule has 0 fully saturated rings. The molecule has 0 radical (unpaired) electrons. The van der Waals surface area contributed by atoms with Gasteiger partial charge in [0.1, 0.15) is 0 Å². The van der Waals surface area contributed by atoms with Crippen molar-refractivity contribution in [1.82, 2.24) is 44.3 Å². The van der Waals surface area contributed by atoms with Crippen LogP contribution in [0, 0.1) is 0 Å². The lowest BCUT2D eigenvalue weighted by atomic mass is 10.1. The molecule has 9 heteroatoms. The molecule has 0 saturated carbocycles. The van der Waals surface area contributed by atoms with Gasteiger partial charge in [0, 0.05) is 75.9 Å². The standard InChI is InChI=1S/C44H27N9/c1-3-11-38-30(7-1)23-40-41(49-37-10-2-4-12-39(37)53(38)40)28-13-15-29(16-14-28)42-50-43(33-17-19-35(47-26-33)31-8-5-21-45-24-31)52-44(51-42)34-18-20-36(48-27-34)32-9-6-22-46-25-32/h1-27H. The van der Waals surface area contributed by atoms with Gasteiger partial charge in [0.15, 0.2) is 17.5 Å². The molecule has 10 rings (SSSR count). The Hall–Kier alpha value is -7.52. The molecule has 0 aliphatic heterocycles. The van der Waals surface area contributed by atoms with Crippen molar-refractivity contribution in [2.45, 2.75) is 0 Å². The summed E-state index contributed by atoms with van der Waals surface area (Å²) in [5.74, 6) is 1.55. The maximum Gasteiger partial charge on any atom is 0.165 e. The maximum absolute atomic E-state index is 5.15. The highest BCUT2D eigenvalue weighted by Gasteiger charge is 2.17. The van der Waals surface area contributed by atoms with E-state index in [2.05, 4.69) is 75.0 Å². The van der Waals surface area contributed by atoms with E-state index in [-0.39, 0.29) is 0 Å². The Morgan fingerprint density at radius 2 is 0.925 bits per heavy atom. The third-order valence-corrected chi connectivity index (χ3v) is 9.32. The monoisotopic (exact) mass is 681 g/mol. The summed E-state index contributed by atoms with van der Waals surface area (Å²) in [6.07, 6.45) is 10.7. The van der Waals surface area contributed by atoms with E-state index in [1.165, 1.54) is 5.39 Å². The van der Waals surface area contributed by atoms with E-state index in [0.717, 1.165) is 72.5 Å². The average molecular weight is 682 g/mol. The van der Waals surface area contributed by atoms with Crippen molar-refractivity contribution >= 4 is 27.5 Å². The van der Waals surface area contributed by atoms with Gasteiger partial charge in [0.25, 0.3) is 0 Å². The first kappa shape index (κ1) is 30.3. The van der Waals surface area contributed by atoms with E-state index in [1.807, 2.05) is 66.7 Å². The van der Waals surface area contributed by atoms with Gasteiger partial charge in [-0.3, -0.25) is 19.9 Å². The SMILES string of the molecule is c1cncc(-c2ccc(-c3nc(-c4ccc(-c5nc6ccccc6n6c5cc5ccccc56)cc4)nc(-c4ccc(-c5cccnc5)nc4)n3)cn2)c1. The number of fused-ring (bicyclic) bond motifs is 5. The predicted octanol–water partition coefficient (Wildman–Crippen LogP) is 9.41. The smallest absolute Gasteiger partial charge is 0.165 e. The van der Waals surface area contributed by atoms with Gasteiger partial charge in [0.05, 0.1) is 39.1 Å². The quantitative estimate of drug-likeness (QED) is 0.171. The second kappa shape index (κ2) is 12.7. The molecule has 0 unspecified atom stereocenters. The molecular weight excluding hydrogens is 655 g/mol.